The lowest BCUT2D eigenvalue weighted by Crippen LogP contribution is -2.10. The first-order valence-corrected chi connectivity index (χ1v) is 8.35. The molecule has 0 saturated heterocycles. The molecule has 7 heteroatoms. The van der Waals surface area contributed by atoms with E-state index in [1.807, 2.05) is 12.1 Å². The maximum Gasteiger partial charge on any atom is 0.416 e. The third-order valence-electron chi connectivity index (χ3n) is 4.53. The molecule has 2 atom stereocenters. The molecule has 3 rings (SSSR count). The first kappa shape index (κ1) is 19.0. The molecule has 0 aromatic heterocycles. The van der Waals surface area contributed by atoms with Crippen LogP contribution in [0.25, 0.3) is 0 Å². The molecule has 1 aliphatic carbocycles. The number of alkyl halides is 3. The van der Waals surface area contributed by atoms with Crippen molar-refractivity contribution in [2.45, 2.75) is 24.7 Å². The van der Waals surface area contributed by atoms with Crippen molar-refractivity contribution in [1.82, 2.24) is 0 Å². The van der Waals surface area contributed by atoms with E-state index in [0.717, 1.165) is 23.3 Å². The van der Waals surface area contributed by atoms with Gasteiger partial charge in [-0.05, 0) is 47.5 Å². The number of methoxy groups -OCH3 is 1. The fraction of sp³-hybridized carbons (Fsp3) is 0.250. The number of ether oxygens (including phenoxy) is 1. The normalized spacial score (nSPS) is 18.7. The number of fused-ring (bicyclic) bond motifs is 1. The van der Waals surface area contributed by atoms with Crippen molar-refractivity contribution < 1.29 is 22.7 Å². The topological polar surface area (TPSA) is 50.4 Å². The Balaban J connectivity index is 1.86. The summed E-state index contributed by atoms with van der Waals surface area (Å²) in [5, 5.41) is 5.86. The number of hydrogen-bond acceptors (Lipinski definition) is 3. The van der Waals surface area contributed by atoms with Crippen LogP contribution in [-0.4, -0.2) is 13.0 Å². The molecule has 1 amide bonds. The van der Waals surface area contributed by atoms with Gasteiger partial charge in [-0.3, -0.25) is 4.79 Å². The summed E-state index contributed by atoms with van der Waals surface area (Å²) < 4.78 is 44.3. The second-order valence-electron chi connectivity index (χ2n) is 6.27. The van der Waals surface area contributed by atoms with Crippen molar-refractivity contribution in [2.24, 2.45) is 0 Å². The van der Waals surface area contributed by atoms with Gasteiger partial charge in [-0.15, -0.1) is 0 Å². The van der Waals surface area contributed by atoms with Crippen molar-refractivity contribution in [1.29, 1.82) is 0 Å². The minimum atomic E-state index is -4.39. The van der Waals surface area contributed by atoms with Crippen LogP contribution in [-0.2, 0) is 15.7 Å². The highest BCUT2D eigenvalue weighted by atomic mass is 19.4. The van der Waals surface area contributed by atoms with Gasteiger partial charge in [-0.2, -0.15) is 13.2 Å². The van der Waals surface area contributed by atoms with Gasteiger partial charge in [0, 0.05) is 24.9 Å². The minimum Gasteiger partial charge on any atom is -0.378 e. The van der Waals surface area contributed by atoms with Crippen LogP contribution in [0.4, 0.5) is 24.5 Å². The molecule has 0 heterocycles. The van der Waals surface area contributed by atoms with Crippen molar-refractivity contribution in [3.8, 4) is 0 Å². The summed E-state index contributed by atoms with van der Waals surface area (Å²) in [5.41, 5.74) is 2.12. The van der Waals surface area contributed by atoms with E-state index in [4.69, 9.17) is 4.74 Å². The average molecular weight is 376 g/mol. The lowest BCUT2D eigenvalue weighted by Gasteiger charge is -2.17. The second kappa shape index (κ2) is 7.44. The maximum absolute atomic E-state index is 12.9. The van der Waals surface area contributed by atoms with Crippen molar-refractivity contribution >= 4 is 17.3 Å². The molecule has 1 aliphatic rings. The van der Waals surface area contributed by atoms with Crippen molar-refractivity contribution in [3.63, 3.8) is 0 Å². The second-order valence-corrected chi connectivity index (χ2v) is 6.27. The number of nitrogens with one attached hydrogen (secondary N) is 2. The zero-order valence-electron chi connectivity index (χ0n) is 14.6. The van der Waals surface area contributed by atoms with E-state index in [9.17, 15) is 18.0 Å². The molecule has 2 aromatic rings. The third kappa shape index (κ3) is 4.14. The van der Waals surface area contributed by atoms with Gasteiger partial charge >= 0.3 is 6.18 Å². The summed E-state index contributed by atoms with van der Waals surface area (Å²) in [4.78, 5) is 11.5. The van der Waals surface area contributed by atoms with E-state index in [-0.39, 0.29) is 18.1 Å². The SMILES string of the molecule is C=CC(=O)Nc1ccc2c(c1)C(OC)CC2Nc1cccc(C(F)(F)F)c1. The Hall–Kier alpha value is -2.80. The Bertz CT molecular complexity index is 865. The fourth-order valence-electron chi connectivity index (χ4n) is 3.26. The van der Waals surface area contributed by atoms with E-state index >= 15 is 0 Å². The van der Waals surface area contributed by atoms with Crippen LogP contribution >= 0.6 is 0 Å². The van der Waals surface area contributed by atoms with Crippen LogP contribution in [0.2, 0.25) is 0 Å². The number of hydrogen-bond donors (Lipinski definition) is 2. The zero-order chi connectivity index (χ0) is 19.6. The van der Waals surface area contributed by atoms with Crippen LogP contribution in [0.1, 0.15) is 35.3 Å². The molecular formula is C20H19F3N2O2. The first-order valence-electron chi connectivity index (χ1n) is 8.35. The zero-order valence-corrected chi connectivity index (χ0v) is 14.6. The predicted octanol–water partition coefficient (Wildman–Crippen LogP) is 5.07. The quantitative estimate of drug-likeness (QED) is 0.716. The van der Waals surface area contributed by atoms with Crippen LogP contribution in [0.15, 0.2) is 55.1 Å². The Morgan fingerprint density at radius 1 is 1.19 bits per heavy atom. The van der Waals surface area contributed by atoms with Crippen LogP contribution in [0.3, 0.4) is 0 Å². The molecule has 0 saturated carbocycles. The molecule has 2 unspecified atom stereocenters. The van der Waals surface area contributed by atoms with Crippen molar-refractivity contribution in [2.75, 3.05) is 17.7 Å². The molecule has 27 heavy (non-hydrogen) atoms. The monoisotopic (exact) mass is 376 g/mol. The van der Waals surface area contributed by atoms with E-state index in [1.165, 1.54) is 12.1 Å². The van der Waals surface area contributed by atoms with Gasteiger partial charge < -0.3 is 15.4 Å². The molecule has 2 aromatic carbocycles. The van der Waals surface area contributed by atoms with Gasteiger partial charge in [0.1, 0.15) is 0 Å². The van der Waals surface area contributed by atoms with E-state index < -0.39 is 11.7 Å². The lowest BCUT2D eigenvalue weighted by molar-refractivity contribution is -0.137. The van der Waals surface area contributed by atoms with Gasteiger partial charge in [-0.1, -0.05) is 18.7 Å². The number of anilines is 2. The Morgan fingerprint density at radius 2 is 1.96 bits per heavy atom. The fourth-order valence-corrected chi connectivity index (χ4v) is 3.26. The van der Waals surface area contributed by atoms with E-state index in [1.54, 1.807) is 19.2 Å². The Morgan fingerprint density at radius 3 is 2.63 bits per heavy atom. The van der Waals surface area contributed by atoms with Crippen molar-refractivity contribution in [3.05, 3.63) is 71.8 Å². The number of carbonyl (C=O) groups is 1. The van der Waals surface area contributed by atoms with E-state index in [2.05, 4.69) is 17.2 Å². The van der Waals surface area contributed by atoms with Crippen LogP contribution in [0, 0.1) is 0 Å². The smallest absolute Gasteiger partial charge is 0.378 e. The van der Waals surface area contributed by atoms with Gasteiger partial charge in [0.2, 0.25) is 5.91 Å². The van der Waals surface area contributed by atoms with E-state index in [0.29, 0.717) is 17.8 Å². The summed E-state index contributed by atoms with van der Waals surface area (Å²) in [7, 11) is 1.58. The average Bonchev–Trinajstić information content (AvgIpc) is 2.98. The summed E-state index contributed by atoms with van der Waals surface area (Å²) in [6.45, 7) is 3.42. The predicted molar refractivity (Wildman–Crippen MR) is 97.4 cm³/mol. The molecule has 0 spiro atoms. The number of rotatable bonds is 5. The van der Waals surface area contributed by atoms with Crippen LogP contribution < -0.4 is 10.6 Å². The Kier molecular flexibility index (Phi) is 5.23. The largest absolute Gasteiger partial charge is 0.416 e. The lowest BCUT2D eigenvalue weighted by atomic mass is 10.1. The Labute approximate surface area is 155 Å². The highest BCUT2D eigenvalue weighted by molar-refractivity contribution is 5.98. The van der Waals surface area contributed by atoms with Crippen LogP contribution in [0.5, 0.6) is 0 Å². The molecule has 0 aliphatic heterocycles. The standard InChI is InChI=1S/C20H19F3N2O2/c1-3-19(26)25-14-7-8-15-16(10-14)18(27-2)11-17(15)24-13-6-4-5-12(9-13)20(21,22)23/h3-10,17-18,24H,1,11H2,2H3,(H,25,26). The highest BCUT2D eigenvalue weighted by Gasteiger charge is 2.33. The summed E-state index contributed by atoms with van der Waals surface area (Å²) >= 11 is 0. The number of amides is 1. The summed E-state index contributed by atoms with van der Waals surface area (Å²) in [6, 6.07) is 10.3. The molecule has 4 nitrogen and oxygen atoms in total. The van der Waals surface area contributed by atoms with Gasteiger partial charge in [0.05, 0.1) is 17.7 Å². The summed E-state index contributed by atoms with van der Waals surface area (Å²) in [5.74, 6) is -0.319. The van der Waals surface area contributed by atoms with Gasteiger partial charge in [0.15, 0.2) is 0 Å². The number of carbonyl (C=O) groups excluding carboxylic acids is 1. The number of benzene rings is 2. The molecule has 0 radical (unpaired) electrons. The molecule has 142 valence electrons. The van der Waals surface area contributed by atoms with Gasteiger partial charge in [-0.25, -0.2) is 0 Å². The maximum atomic E-state index is 12.9. The summed E-state index contributed by atoms with van der Waals surface area (Å²) in [6.07, 6.45) is -2.86. The minimum absolute atomic E-state index is 0.197. The third-order valence-corrected chi connectivity index (χ3v) is 4.53. The molecule has 2 N–H and O–H groups in total. The first-order chi connectivity index (χ1) is 12.8. The molecule has 0 bridgehead atoms. The molecular weight excluding hydrogens is 357 g/mol. The van der Waals surface area contributed by atoms with Gasteiger partial charge in [0.25, 0.3) is 0 Å². The highest BCUT2D eigenvalue weighted by Crippen LogP contribution is 2.43. The molecule has 0 fully saturated rings. The number of halogens is 3.